The number of ether oxygens (including phenoxy) is 1. The van der Waals surface area contributed by atoms with E-state index in [0.717, 1.165) is 19.3 Å². The maximum Gasteiger partial charge on any atom is 0.332 e. The molecular formula is C31H53ClN2O4S. The van der Waals surface area contributed by atoms with Crippen LogP contribution < -0.4 is 10.0 Å². The molecule has 0 heterocycles. The molecule has 224 valence electrons. The topological polar surface area (TPSA) is 84.5 Å². The largest absolute Gasteiger partial charge is 0.463 e. The summed E-state index contributed by atoms with van der Waals surface area (Å²) < 4.78 is 34.2. The van der Waals surface area contributed by atoms with Crippen LogP contribution in [0.2, 0.25) is 5.02 Å². The molecule has 0 fully saturated rings. The number of halogens is 1. The lowest BCUT2D eigenvalue weighted by Gasteiger charge is -2.26. The highest BCUT2D eigenvalue weighted by Crippen LogP contribution is 2.28. The summed E-state index contributed by atoms with van der Waals surface area (Å²) in [6.07, 6.45) is 19.4. The van der Waals surface area contributed by atoms with Crippen LogP contribution in [0.5, 0.6) is 0 Å². The lowest BCUT2D eigenvalue weighted by Crippen LogP contribution is -2.43. The van der Waals surface area contributed by atoms with E-state index < -0.39 is 21.5 Å². The fourth-order valence-corrected chi connectivity index (χ4v) is 6.18. The molecule has 0 aliphatic heterocycles. The highest BCUT2D eigenvalue weighted by molar-refractivity contribution is 7.89. The number of benzene rings is 1. The Hall–Kier alpha value is -1.57. The number of unbranched alkanes of at least 4 members (excludes halogenated alkanes) is 12. The van der Waals surface area contributed by atoms with E-state index in [1.165, 1.54) is 88.8 Å². The van der Waals surface area contributed by atoms with E-state index in [1.54, 1.807) is 13.0 Å². The van der Waals surface area contributed by atoms with Gasteiger partial charge in [0.05, 0.1) is 22.2 Å². The molecule has 1 rings (SSSR count). The molecule has 6 nitrogen and oxygen atoms in total. The molecule has 8 heteroatoms. The van der Waals surface area contributed by atoms with Crippen molar-refractivity contribution in [2.24, 2.45) is 0 Å². The number of carbonyl (C=O) groups is 1. The number of rotatable bonds is 22. The van der Waals surface area contributed by atoms with Gasteiger partial charge in [0.25, 0.3) is 0 Å². The Morgan fingerprint density at radius 2 is 1.44 bits per heavy atom. The zero-order valence-corrected chi connectivity index (χ0v) is 26.6. The molecule has 0 aromatic heterocycles. The van der Waals surface area contributed by atoms with Gasteiger partial charge in [-0.2, -0.15) is 0 Å². The molecule has 0 unspecified atom stereocenters. The number of hydrogen-bond acceptors (Lipinski definition) is 5. The van der Waals surface area contributed by atoms with Gasteiger partial charge in [-0.05, 0) is 51.8 Å². The zero-order chi connectivity index (χ0) is 29.2. The average molecular weight is 585 g/mol. The predicted molar refractivity (Wildman–Crippen MR) is 165 cm³/mol. The molecular weight excluding hydrogens is 532 g/mol. The summed E-state index contributed by atoms with van der Waals surface area (Å²) in [7, 11) is -3.76. The van der Waals surface area contributed by atoms with Crippen LogP contribution in [0.4, 0.5) is 5.69 Å². The van der Waals surface area contributed by atoms with Crippen LogP contribution in [0.1, 0.15) is 131 Å². The summed E-state index contributed by atoms with van der Waals surface area (Å²) in [5.41, 5.74) is 0.439. The molecule has 1 aromatic rings. The van der Waals surface area contributed by atoms with Gasteiger partial charge in [-0.1, -0.05) is 109 Å². The third-order valence-electron chi connectivity index (χ3n) is 6.82. The molecule has 0 saturated heterocycles. The molecule has 0 spiro atoms. The third-order valence-corrected chi connectivity index (χ3v) is 8.84. The third kappa shape index (κ3) is 15.7. The number of allylic oxidation sites excluding steroid dienone is 1. The van der Waals surface area contributed by atoms with Gasteiger partial charge in [0, 0.05) is 17.3 Å². The highest BCUT2D eigenvalue weighted by atomic mass is 35.5. The molecule has 0 radical (unpaired) electrons. The quantitative estimate of drug-likeness (QED) is 0.0806. The minimum Gasteiger partial charge on any atom is -0.463 e. The lowest BCUT2D eigenvalue weighted by molar-refractivity contribution is -0.137. The van der Waals surface area contributed by atoms with E-state index in [-0.39, 0.29) is 11.5 Å². The molecule has 0 atom stereocenters. The number of carbonyl (C=O) groups excluding carboxylic acids is 1. The van der Waals surface area contributed by atoms with Gasteiger partial charge in [0.2, 0.25) is 10.0 Å². The average Bonchev–Trinajstić information content (AvgIpc) is 2.87. The minimum absolute atomic E-state index is 0.124. The monoisotopic (exact) mass is 584 g/mol. The summed E-state index contributed by atoms with van der Waals surface area (Å²) >= 11 is 6.33. The SMILES string of the molecule is CCCCCCCCCCCCCCCC(C)(C)NS(=O)(=O)c1ccc(Cl)c(NC(=CC(=O)OCC)CC)c1. The van der Waals surface area contributed by atoms with E-state index in [9.17, 15) is 13.2 Å². The van der Waals surface area contributed by atoms with Crippen LogP contribution in [0.25, 0.3) is 0 Å². The van der Waals surface area contributed by atoms with E-state index in [0.29, 0.717) is 22.8 Å². The van der Waals surface area contributed by atoms with Crippen LogP contribution in [0.3, 0.4) is 0 Å². The normalized spacial score (nSPS) is 12.5. The number of anilines is 1. The van der Waals surface area contributed by atoms with E-state index in [2.05, 4.69) is 17.0 Å². The van der Waals surface area contributed by atoms with Gasteiger partial charge >= 0.3 is 5.97 Å². The highest BCUT2D eigenvalue weighted by Gasteiger charge is 2.26. The first-order valence-electron chi connectivity index (χ1n) is 15.0. The van der Waals surface area contributed by atoms with Gasteiger partial charge in [-0.25, -0.2) is 17.9 Å². The van der Waals surface area contributed by atoms with Gasteiger partial charge in [-0.3, -0.25) is 0 Å². The van der Waals surface area contributed by atoms with Crippen molar-refractivity contribution in [2.75, 3.05) is 11.9 Å². The lowest BCUT2D eigenvalue weighted by atomic mass is 9.97. The van der Waals surface area contributed by atoms with Crippen LogP contribution in [0.15, 0.2) is 34.9 Å². The second-order valence-electron chi connectivity index (χ2n) is 11.0. The molecule has 2 N–H and O–H groups in total. The first-order chi connectivity index (χ1) is 18.5. The fraction of sp³-hybridized carbons (Fsp3) is 0.710. The molecule has 0 amide bonds. The number of nitrogens with one attached hydrogen (secondary N) is 2. The van der Waals surface area contributed by atoms with E-state index in [1.807, 2.05) is 20.8 Å². The van der Waals surface area contributed by atoms with Crippen molar-refractivity contribution in [2.45, 2.75) is 141 Å². The summed E-state index contributed by atoms with van der Waals surface area (Å²) in [6.45, 7) is 10.0. The van der Waals surface area contributed by atoms with Crippen molar-refractivity contribution < 1.29 is 17.9 Å². The maximum absolute atomic E-state index is 13.2. The standard InChI is InChI=1S/C31H53ClN2O4S/c1-6-9-10-11-12-13-14-15-16-17-18-19-20-23-31(4,5)34-39(36,37)27-21-22-28(32)29(25-27)33-26(7-2)24-30(35)38-8-3/h21-22,24-25,33-34H,6-20,23H2,1-5H3. The predicted octanol–water partition coefficient (Wildman–Crippen LogP) is 9.15. The Balaban J connectivity index is 2.51. The van der Waals surface area contributed by atoms with Gasteiger partial charge < -0.3 is 10.1 Å². The minimum atomic E-state index is -3.76. The van der Waals surface area contributed by atoms with Gasteiger partial charge in [0.15, 0.2) is 0 Å². The van der Waals surface area contributed by atoms with Crippen molar-refractivity contribution in [1.82, 2.24) is 4.72 Å². The van der Waals surface area contributed by atoms with Crippen molar-refractivity contribution >= 4 is 33.3 Å². The zero-order valence-electron chi connectivity index (χ0n) is 25.0. The molecule has 39 heavy (non-hydrogen) atoms. The Bertz CT molecular complexity index is 977. The first-order valence-corrected chi connectivity index (χ1v) is 16.9. The number of sulfonamides is 1. The molecule has 0 saturated carbocycles. The van der Waals surface area contributed by atoms with Gasteiger partial charge in [-0.15, -0.1) is 0 Å². The summed E-state index contributed by atoms with van der Waals surface area (Å²) in [5, 5.41) is 3.44. The number of hydrogen-bond donors (Lipinski definition) is 2. The second kappa shape index (κ2) is 19.5. The Morgan fingerprint density at radius 1 is 0.897 bits per heavy atom. The van der Waals surface area contributed by atoms with Crippen LogP contribution in [0, 0.1) is 0 Å². The molecule has 0 aliphatic rings. The first kappa shape index (κ1) is 35.5. The van der Waals surface area contributed by atoms with Crippen LogP contribution in [-0.2, 0) is 19.6 Å². The smallest absolute Gasteiger partial charge is 0.332 e. The Labute approximate surface area is 243 Å². The van der Waals surface area contributed by atoms with Crippen molar-refractivity contribution in [3.05, 3.63) is 35.0 Å². The Morgan fingerprint density at radius 3 is 1.95 bits per heavy atom. The Kier molecular flexibility index (Phi) is 17.7. The van der Waals surface area contributed by atoms with Gasteiger partial charge in [0.1, 0.15) is 0 Å². The fourth-order valence-electron chi connectivity index (χ4n) is 4.55. The summed E-state index contributed by atoms with van der Waals surface area (Å²) in [4.78, 5) is 12.0. The van der Waals surface area contributed by atoms with E-state index in [4.69, 9.17) is 16.3 Å². The maximum atomic E-state index is 13.2. The molecule has 0 bridgehead atoms. The van der Waals surface area contributed by atoms with Crippen molar-refractivity contribution in [3.63, 3.8) is 0 Å². The summed E-state index contributed by atoms with van der Waals surface area (Å²) in [5.74, 6) is -0.460. The van der Waals surface area contributed by atoms with Crippen LogP contribution in [-0.4, -0.2) is 26.5 Å². The van der Waals surface area contributed by atoms with Crippen molar-refractivity contribution in [3.8, 4) is 0 Å². The van der Waals surface area contributed by atoms with Crippen LogP contribution >= 0.6 is 11.6 Å². The van der Waals surface area contributed by atoms with Crippen molar-refractivity contribution in [1.29, 1.82) is 0 Å². The second-order valence-corrected chi connectivity index (χ2v) is 13.1. The number of esters is 1. The molecule has 1 aromatic carbocycles. The summed E-state index contributed by atoms with van der Waals surface area (Å²) in [6, 6.07) is 4.55. The van der Waals surface area contributed by atoms with E-state index >= 15 is 0 Å². The molecule has 0 aliphatic carbocycles.